The van der Waals surface area contributed by atoms with Crippen molar-refractivity contribution in [2.24, 2.45) is 5.92 Å². The first-order valence-corrected chi connectivity index (χ1v) is 7.22. The highest BCUT2D eigenvalue weighted by Gasteiger charge is 2.11. The average Bonchev–Trinajstić information content (AvgIpc) is 2.97. The number of aromatic nitrogens is 2. The first-order chi connectivity index (χ1) is 10.6. The van der Waals surface area contributed by atoms with Crippen molar-refractivity contribution in [3.05, 3.63) is 42.6 Å². The molecule has 1 aromatic heterocycles. The maximum atomic E-state index is 11.8. The number of anilines is 1. The number of para-hydroxylation sites is 1. The molecule has 1 atom stereocenters. The summed E-state index contributed by atoms with van der Waals surface area (Å²) in [6, 6.07) is 11.2. The number of nitrogens with zero attached hydrogens (tertiary/aromatic N) is 2. The molecule has 0 radical (unpaired) electrons. The minimum absolute atomic E-state index is 0.130. The Kier molecular flexibility index (Phi) is 5.30. The van der Waals surface area contributed by atoms with E-state index in [2.05, 4.69) is 10.4 Å². The maximum absolute atomic E-state index is 11.8. The lowest BCUT2D eigenvalue weighted by Crippen LogP contribution is -2.31. The summed E-state index contributed by atoms with van der Waals surface area (Å²) in [6.45, 7) is 1.76. The van der Waals surface area contributed by atoms with Crippen LogP contribution in [0, 0.1) is 5.92 Å². The van der Waals surface area contributed by atoms with E-state index in [-0.39, 0.29) is 18.7 Å². The quantitative estimate of drug-likeness (QED) is 0.836. The van der Waals surface area contributed by atoms with Crippen LogP contribution in [0.4, 0.5) is 5.82 Å². The molecule has 6 heteroatoms. The lowest BCUT2D eigenvalue weighted by atomic mass is 10.0. The van der Waals surface area contributed by atoms with Crippen molar-refractivity contribution >= 4 is 17.7 Å². The number of benzene rings is 1. The first kappa shape index (κ1) is 15.8. The van der Waals surface area contributed by atoms with Gasteiger partial charge in [-0.25, -0.2) is 4.68 Å². The van der Waals surface area contributed by atoms with Gasteiger partial charge in [0.25, 0.3) is 0 Å². The molecular formula is C16H18N3O3-. The second kappa shape index (κ2) is 7.40. The van der Waals surface area contributed by atoms with Gasteiger partial charge in [0, 0.05) is 24.7 Å². The van der Waals surface area contributed by atoms with Gasteiger partial charge in [0.1, 0.15) is 0 Å². The molecule has 1 aromatic carbocycles. The van der Waals surface area contributed by atoms with E-state index < -0.39 is 11.9 Å². The Balaban J connectivity index is 1.90. The normalized spacial score (nSPS) is 11.9. The topological polar surface area (TPSA) is 87.0 Å². The molecule has 1 N–H and O–H groups in total. The highest BCUT2D eigenvalue weighted by atomic mass is 16.4. The molecule has 116 valence electrons. The number of carboxylic acids is 1. The van der Waals surface area contributed by atoms with Gasteiger partial charge in [0.05, 0.1) is 5.69 Å². The number of hydrogen-bond acceptors (Lipinski definition) is 4. The largest absolute Gasteiger partial charge is 0.550 e. The van der Waals surface area contributed by atoms with Crippen molar-refractivity contribution in [3.63, 3.8) is 0 Å². The molecule has 0 unspecified atom stereocenters. The molecule has 2 aromatic rings. The van der Waals surface area contributed by atoms with Crippen LogP contribution in [0.1, 0.15) is 26.2 Å². The SMILES string of the molecule is CC[C@@H](CCC(=O)Nc1ccn(-c2ccccc2)n1)C(=O)[O-]. The van der Waals surface area contributed by atoms with Crippen LogP contribution in [0.25, 0.3) is 5.69 Å². The van der Waals surface area contributed by atoms with Gasteiger partial charge in [-0.15, -0.1) is 0 Å². The summed E-state index contributed by atoms with van der Waals surface area (Å²) in [5, 5.41) is 17.7. The fourth-order valence-electron chi connectivity index (χ4n) is 2.11. The highest BCUT2D eigenvalue weighted by Crippen LogP contribution is 2.13. The van der Waals surface area contributed by atoms with Crippen LogP contribution in [-0.2, 0) is 9.59 Å². The molecule has 22 heavy (non-hydrogen) atoms. The summed E-state index contributed by atoms with van der Waals surface area (Å²) in [4.78, 5) is 22.6. The van der Waals surface area contributed by atoms with Gasteiger partial charge in [-0.3, -0.25) is 4.79 Å². The van der Waals surface area contributed by atoms with Crippen molar-refractivity contribution in [2.75, 3.05) is 5.32 Å². The van der Waals surface area contributed by atoms with E-state index in [1.54, 1.807) is 23.9 Å². The molecule has 6 nitrogen and oxygen atoms in total. The van der Waals surface area contributed by atoms with Crippen LogP contribution in [0.2, 0.25) is 0 Å². The minimum atomic E-state index is -1.11. The molecule has 0 fully saturated rings. The molecule has 0 bridgehead atoms. The van der Waals surface area contributed by atoms with E-state index in [9.17, 15) is 14.7 Å². The highest BCUT2D eigenvalue weighted by molar-refractivity contribution is 5.89. The van der Waals surface area contributed by atoms with Crippen LogP contribution in [0.5, 0.6) is 0 Å². The predicted octanol–water partition coefficient (Wildman–Crippen LogP) is 1.37. The Morgan fingerprint density at radius 3 is 2.64 bits per heavy atom. The third kappa shape index (κ3) is 4.18. The molecular weight excluding hydrogens is 282 g/mol. The number of aliphatic carboxylic acids is 1. The van der Waals surface area contributed by atoms with Gasteiger partial charge < -0.3 is 15.2 Å². The summed E-state index contributed by atoms with van der Waals surface area (Å²) in [6.07, 6.45) is 2.61. The summed E-state index contributed by atoms with van der Waals surface area (Å²) in [5.74, 6) is -1.51. The van der Waals surface area contributed by atoms with Crippen LogP contribution >= 0.6 is 0 Å². The maximum Gasteiger partial charge on any atom is 0.225 e. The van der Waals surface area contributed by atoms with Gasteiger partial charge in [-0.2, -0.15) is 5.10 Å². The lowest BCUT2D eigenvalue weighted by molar-refractivity contribution is -0.311. The molecule has 1 heterocycles. The third-order valence-corrected chi connectivity index (χ3v) is 3.42. The number of carboxylic acid groups (broad SMARTS) is 1. The molecule has 0 aliphatic carbocycles. The van der Waals surface area contributed by atoms with E-state index in [1.165, 1.54) is 0 Å². The van der Waals surface area contributed by atoms with E-state index in [4.69, 9.17) is 0 Å². The first-order valence-electron chi connectivity index (χ1n) is 7.22. The second-order valence-corrected chi connectivity index (χ2v) is 4.99. The van der Waals surface area contributed by atoms with Crippen molar-refractivity contribution in [1.82, 2.24) is 9.78 Å². The van der Waals surface area contributed by atoms with E-state index >= 15 is 0 Å². The van der Waals surface area contributed by atoms with Gasteiger partial charge in [-0.1, -0.05) is 25.1 Å². The zero-order chi connectivity index (χ0) is 15.9. The summed E-state index contributed by atoms with van der Waals surface area (Å²) >= 11 is 0. The number of carbonyl (C=O) groups excluding carboxylic acids is 2. The smallest absolute Gasteiger partial charge is 0.225 e. The van der Waals surface area contributed by atoms with E-state index in [0.717, 1.165) is 5.69 Å². The fraction of sp³-hybridized carbons (Fsp3) is 0.312. The van der Waals surface area contributed by atoms with Crippen LogP contribution in [0.3, 0.4) is 0 Å². The van der Waals surface area contributed by atoms with Crippen LogP contribution in [-0.4, -0.2) is 21.7 Å². The number of amides is 1. The molecule has 0 aliphatic heterocycles. The average molecular weight is 300 g/mol. The van der Waals surface area contributed by atoms with Crippen molar-refractivity contribution < 1.29 is 14.7 Å². The van der Waals surface area contributed by atoms with Crippen LogP contribution in [0.15, 0.2) is 42.6 Å². The molecule has 0 saturated carbocycles. The van der Waals surface area contributed by atoms with E-state index in [0.29, 0.717) is 12.2 Å². The standard InChI is InChI=1S/C16H19N3O3/c1-2-12(16(21)22)8-9-15(20)17-14-10-11-19(18-14)13-6-4-3-5-7-13/h3-7,10-12H,2,8-9H2,1H3,(H,21,22)(H,17,18,20)/p-1/t12-/m0/s1. The number of nitrogens with one attached hydrogen (secondary N) is 1. The van der Waals surface area contributed by atoms with Gasteiger partial charge in [0.2, 0.25) is 5.91 Å². The van der Waals surface area contributed by atoms with Crippen molar-refractivity contribution in [3.8, 4) is 5.69 Å². The summed E-state index contributed by atoms with van der Waals surface area (Å²) in [5.41, 5.74) is 0.894. The monoisotopic (exact) mass is 300 g/mol. The predicted molar refractivity (Wildman–Crippen MR) is 80.2 cm³/mol. The minimum Gasteiger partial charge on any atom is -0.550 e. The zero-order valence-corrected chi connectivity index (χ0v) is 12.4. The number of rotatable bonds is 7. The second-order valence-electron chi connectivity index (χ2n) is 4.99. The van der Waals surface area contributed by atoms with Crippen molar-refractivity contribution in [1.29, 1.82) is 0 Å². The Labute approximate surface area is 128 Å². The number of carbonyl (C=O) groups is 2. The molecule has 0 spiro atoms. The molecule has 2 rings (SSSR count). The molecule has 0 aliphatic rings. The van der Waals surface area contributed by atoms with Gasteiger partial charge >= 0.3 is 0 Å². The van der Waals surface area contributed by atoms with E-state index in [1.807, 2.05) is 30.3 Å². The molecule has 0 saturated heterocycles. The molecule has 1 amide bonds. The van der Waals surface area contributed by atoms with Crippen molar-refractivity contribution in [2.45, 2.75) is 26.2 Å². The Morgan fingerprint density at radius 2 is 2.00 bits per heavy atom. The fourth-order valence-corrected chi connectivity index (χ4v) is 2.11. The third-order valence-electron chi connectivity index (χ3n) is 3.42. The summed E-state index contributed by atoms with van der Waals surface area (Å²) < 4.78 is 1.66. The van der Waals surface area contributed by atoms with Gasteiger partial charge in [-0.05, 0) is 30.9 Å². The van der Waals surface area contributed by atoms with Gasteiger partial charge in [0.15, 0.2) is 5.82 Å². The lowest BCUT2D eigenvalue weighted by Gasteiger charge is -2.14. The summed E-state index contributed by atoms with van der Waals surface area (Å²) in [7, 11) is 0. The van der Waals surface area contributed by atoms with Crippen LogP contribution < -0.4 is 10.4 Å². The Bertz CT molecular complexity index is 637. The Hall–Kier alpha value is -2.63. The number of hydrogen-bond donors (Lipinski definition) is 1. The Morgan fingerprint density at radius 1 is 1.27 bits per heavy atom. The zero-order valence-electron chi connectivity index (χ0n) is 12.4.